The van der Waals surface area contributed by atoms with E-state index >= 15 is 0 Å². The Labute approximate surface area is 166 Å². The molecule has 5 heteroatoms. The summed E-state index contributed by atoms with van der Waals surface area (Å²) < 4.78 is 0. The molecule has 3 aromatic rings. The number of amides is 1. The van der Waals surface area contributed by atoms with Crippen LogP contribution in [0.25, 0.3) is 11.0 Å². The van der Waals surface area contributed by atoms with Crippen molar-refractivity contribution >= 4 is 16.9 Å². The van der Waals surface area contributed by atoms with Crippen LogP contribution in [-0.2, 0) is 6.54 Å². The third-order valence-electron chi connectivity index (χ3n) is 5.64. The molecule has 144 valence electrons. The SMILES string of the molecule is Cc1ccccc1CN1CCN(C(=O)c2ccc3nc(C)c(C)nc3c2)CC1. The zero-order valence-corrected chi connectivity index (χ0v) is 16.8. The maximum atomic E-state index is 13.0. The Bertz CT molecular complexity index is 1020. The molecule has 28 heavy (non-hydrogen) atoms. The fourth-order valence-electron chi connectivity index (χ4n) is 3.68. The monoisotopic (exact) mass is 374 g/mol. The van der Waals surface area contributed by atoms with Crippen LogP contribution in [0.15, 0.2) is 42.5 Å². The highest BCUT2D eigenvalue weighted by atomic mass is 16.2. The smallest absolute Gasteiger partial charge is 0.254 e. The van der Waals surface area contributed by atoms with Crippen molar-refractivity contribution < 1.29 is 4.79 Å². The molecule has 0 N–H and O–H groups in total. The molecule has 1 saturated heterocycles. The molecule has 0 bridgehead atoms. The van der Waals surface area contributed by atoms with Gasteiger partial charge in [-0.05, 0) is 50.1 Å². The highest BCUT2D eigenvalue weighted by Gasteiger charge is 2.22. The van der Waals surface area contributed by atoms with Gasteiger partial charge in [0.2, 0.25) is 0 Å². The maximum Gasteiger partial charge on any atom is 0.254 e. The van der Waals surface area contributed by atoms with Crippen LogP contribution in [-0.4, -0.2) is 51.9 Å². The van der Waals surface area contributed by atoms with Gasteiger partial charge in [0.1, 0.15) is 0 Å². The van der Waals surface area contributed by atoms with E-state index in [1.54, 1.807) is 0 Å². The number of nitrogens with zero attached hydrogens (tertiary/aromatic N) is 4. The number of piperazine rings is 1. The van der Waals surface area contributed by atoms with Gasteiger partial charge in [0.25, 0.3) is 5.91 Å². The van der Waals surface area contributed by atoms with E-state index in [1.807, 2.05) is 36.9 Å². The minimum absolute atomic E-state index is 0.0810. The predicted molar refractivity (Wildman–Crippen MR) is 111 cm³/mol. The van der Waals surface area contributed by atoms with Crippen molar-refractivity contribution in [3.63, 3.8) is 0 Å². The molecule has 5 nitrogen and oxygen atoms in total. The van der Waals surface area contributed by atoms with E-state index in [-0.39, 0.29) is 5.91 Å². The number of aromatic nitrogens is 2. The van der Waals surface area contributed by atoms with Crippen molar-refractivity contribution in [3.8, 4) is 0 Å². The minimum atomic E-state index is 0.0810. The summed E-state index contributed by atoms with van der Waals surface area (Å²) in [5, 5.41) is 0. The van der Waals surface area contributed by atoms with E-state index in [2.05, 4.69) is 46.1 Å². The summed E-state index contributed by atoms with van der Waals surface area (Å²) in [5.74, 6) is 0.0810. The molecule has 0 spiro atoms. The van der Waals surface area contributed by atoms with Gasteiger partial charge < -0.3 is 4.90 Å². The summed E-state index contributed by atoms with van der Waals surface area (Å²) in [5.41, 5.74) is 6.83. The average molecular weight is 374 g/mol. The molecule has 0 radical (unpaired) electrons. The molecule has 0 saturated carbocycles. The third-order valence-corrected chi connectivity index (χ3v) is 5.64. The topological polar surface area (TPSA) is 49.3 Å². The fraction of sp³-hybridized carbons (Fsp3) is 0.348. The van der Waals surface area contributed by atoms with Gasteiger partial charge in [0, 0.05) is 38.3 Å². The summed E-state index contributed by atoms with van der Waals surface area (Å²) in [7, 11) is 0. The largest absolute Gasteiger partial charge is 0.336 e. The zero-order chi connectivity index (χ0) is 19.7. The standard InChI is InChI=1S/C23H26N4O/c1-16-6-4-5-7-20(16)15-26-10-12-27(13-11-26)23(28)19-8-9-21-22(14-19)25-18(3)17(2)24-21/h4-9,14H,10-13,15H2,1-3H3. The molecule has 1 aliphatic heterocycles. The fourth-order valence-corrected chi connectivity index (χ4v) is 3.68. The highest BCUT2D eigenvalue weighted by Crippen LogP contribution is 2.18. The number of rotatable bonds is 3. The first-order valence-corrected chi connectivity index (χ1v) is 9.82. The number of benzene rings is 2. The number of aryl methyl sites for hydroxylation is 3. The summed E-state index contributed by atoms with van der Waals surface area (Å²) in [6.45, 7) is 10.3. The molecule has 4 rings (SSSR count). The Morgan fingerprint density at radius 3 is 2.29 bits per heavy atom. The van der Waals surface area contributed by atoms with Crippen molar-refractivity contribution in [2.24, 2.45) is 0 Å². The second-order valence-electron chi connectivity index (χ2n) is 7.59. The van der Waals surface area contributed by atoms with Crippen LogP contribution in [0.2, 0.25) is 0 Å². The van der Waals surface area contributed by atoms with Crippen molar-refractivity contribution in [3.05, 3.63) is 70.5 Å². The van der Waals surface area contributed by atoms with Gasteiger partial charge in [-0.3, -0.25) is 9.69 Å². The number of hydrogen-bond acceptors (Lipinski definition) is 4. The van der Waals surface area contributed by atoms with Crippen LogP contribution in [0.4, 0.5) is 0 Å². The third kappa shape index (κ3) is 3.76. The Morgan fingerprint density at radius 1 is 0.893 bits per heavy atom. The second-order valence-corrected chi connectivity index (χ2v) is 7.59. The molecule has 2 aromatic carbocycles. The zero-order valence-electron chi connectivity index (χ0n) is 16.8. The second kappa shape index (κ2) is 7.68. The van der Waals surface area contributed by atoms with Crippen molar-refractivity contribution in [2.45, 2.75) is 27.3 Å². The van der Waals surface area contributed by atoms with E-state index in [9.17, 15) is 4.79 Å². The van der Waals surface area contributed by atoms with E-state index in [0.29, 0.717) is 5.56 Å². The Balaban J connectivity index is 1.43. The Morgan fingerprint density at radius 2 is 1.57 bits per heavy atom. The number of fused-ring (bicyclic) bond motifs is 1. The molecule has 1 aliphatic rings. The molecule has 1 amide bonds. The van der Waals surface area contributed by atoms with Crippen LogP contribution in [0.1, 0.15) is 32.9 Å². The summed E-state index contributed by atoms with van der Waals surface area (Å²) in [6.07, 6.45) is 0. The van der Waals surface area contributed by atoms with E-state index < -0.39 is 0 Å². The van der Waals surface area contributed by atoms with Gasteiger partial charge in [-0.25, -0.2) is 9.97 Å². The molecular formula is C23H26N4O. The van der Waals surface area contributed by atoms with Gasteiger partial charge >= 0.3 is 0 Å². The first-order chi connectivity index (χ1) is 13.5. The molecule has 2 heterocycles. The van der Waals surface area contributed by atoms with Crippen molar-refractivity contribution in [1.82, 2.24) is 19.8 Å². The Kier molecular flexibility index (Phi) is 5.09. The lowest BCUT2D eigenvalue weighted by molar-refractivity contribution is 0.0628. The lowest BCUT2D eigenvalue weighted by Gasteiger charge is -2.35. The molecular weight excluding hydrogens is 348 g/mol. The lowest BCUT2D eigenvalue weighted by atomic mass is 10.1. The molecule has 0 unspecified atom stereocenters. The van der Waals surface area contributed by atoms with Gasteiger partial charge in [0.05, 0.1) is 22.4 Å². The highest BCUT2D eigenvalue weighted by molar-refractivity contribution is 5.97. The molecule has 1 aromatic heterocycles. The first kappa shape index (κ1) is 18.6. The summed E-state index contributed by atoms with van der Waals surface area (Å²) >= 11 is 0. The number of hydrogen-bond donors (Lipinski definition) is 0. The lowest BCUT2D eigenvalue weighted by Crippen LogP contribution is -2.48. The van der Waals surface area contributed by atoms with Gasteiger partial charge in [0.15, 0.2) is 0 Å². The number of carbonyl (C=O) groups is 1. The van der Waals surface area contributed by atoms with Crippen LogP contribution in [0.3, 0.4) is 0 Å². The maximum absolute atomic E-state index is 13.0. The van der Waals surface area contributed by atoms with Crippen LogP contribution in [0.5, 0.6) is 0 Å². The van der Waals surface area contributed by atoms with Gasteiger partial charge in [-0.15, -0.1) is 0 Å². The van der Waals surface area contributed by atoms with Crippen LogP contribution < -0.4 is 0 Å². The van der Waals surface area contributed by atoms with Crippen molar-refractivity contribution in [2.75, 3.05) is 26.2 Å². The summed E-state index contributed by atoms with van der Waals surface area (Å²) in [4.78, 5) is 26.5. The molecule has 1 fully saturated rings. The molecule has 0 atom stereocenters. The normalized spacial score (nSPS) is 15.2. The Hall–Kier alpha value is -2.79. The number of carbonyl (C=O) groups excluding carboxylic acids is 1. The van der Waals surface area contributed by atoms with E-state index in [4.69, 9.17) is 0 Å². The van der Waals surface area contributed by atoms with Gasteiger partial charge in [-0.1, -0.05) is 24.3 Å². The first-order valence-electron chi connectivity index (χ1n) is 9.82. The average Bonchev–Trinajstić information content (AvgIpc) is 2.70. The summed E-state index contributed by atoms with van der Waals surface area (Å²) in [6, 6.07) is 14.1. The van der Waals surface area contributed by atoms with Crippen LogP contribution >= 0.6 is 0 Å². The van der Waals surface area contributed by atoms with Crippen LogP contribution in [0, 0.1) is 20.8 Å². The van der Waals surface area contributed by atoms with Crippen molar-refractivity contribution in [1.29, 1.82) is 0 Å². The van der Waals surface area contributed by atoms with Gasteiger partial charge in [-0.2, -0.15) is 0 Å². The quantitative estimate of drug-likeness (QED) is 0.704. The molecule has 0 aliphatic carbocycles. The minimum Gasteiger partial charge on any atom is -0.336 e. The van der Waals surface area contributed by atoms with E-state index in [1.165, 1.54) is 11.1 Å². The predicted octanol–water partition coefficient (Wildman–Crippen LogP) is 3.51. The van der Waals surface area contributed by atoms with E-state index in [0.717, 1.165) is 55.1 Å².